The van der Waals surface area contributed by atoms with E-state index >= 15 is 0 Å². The van der Waals surface area contributed by atoms with Gasteiger partial charge in [-0.05, 0) is 30.0 Å². The summed E-state index contributed by atoms with van der Waals surface area (Å²) in [7, 11) is 0. The summed E-state index contributed by atoms with van der Waals surface area (Å²) in [5.74, 6) is 0. The van der Waals surface area contributed by atoms with E-state index < -0.39 is 0 Å². The molecule has 0 aliphatic carbocycles. The van der Waals surface area contributed by atoms with Gasteiger partial charge < -0.3 is 10.2 Å². The first kappa shape index (κ1) is 12.9. The molecule has 2 nitrogen and oxygen atoms in total. The molecule has 0 radical (unpaired) electrons. The third-order valence-electron chi connectivity index (χ3n) is 3.42. The molecule has 1 aromatic rings. The van der Waals surface area contributed by atoms with Gasteiger partial charge in [0.05, 0.1) is 0 Å². The molecule has 3 heteroatoms. The molecule has 1 aromatic carbocycles. The number of hydrogen-bond donors (Lipinski definition) is 1. The molecular formula is C14H21ClN2. The van der Waals surface area contributed by atoms with Crippen LogP contribution in [0.1, 0.15) is 18.1 Å². The third kappa shape index (κ3) is 3.70. The highest BCUT2D eigenvalue weighted by Crippen LogP contribution is 2.18. The molecule has 0 atom stereocenters. The maximum absolute atomic E-state index is 6.23. The van der Waals surface area contributed by atoms with Gasteiger partial charge in [0.1, 0.15) is 0 Å². The fraction of sp³-hybridized carbons (Fsp3) is 0.571. The van der Waals surface area contributed by atoms with Crippen LogP contribution >= 0.6 is 11.6 Å². The van der Waals surface area contributed by atoms with Crippen molar-refractivity contribution in [3.63, 3.8) is 0 Å². The van der Waals surface area contributed by atoms with Crippen molar-refractivity contribution in [3.05, 3.63) is 34.3 Å². The fourth-order valence-corrected chi connectivity index (χ4v) is 2.59. The number of nitrogens with zero attached hydrogens (tertiary/aromatic N) is 1. The molecule has 0 spiro atoms. The summed E-state index contributed by atoms with van der Waals surface area (Å²) in [6, 6.07) is 6.50. The highest BCUT2D eigenvalue weighted by atomic mass is 35.5. The summed E-state index contributed by atoms with van der Waals surface area (Å²) in [6.07, 6.45) is 2.11. The van der Waals surface area contributed by atoms with Crippen LogP contribution in [0.25, 0.3) is 0 Å². The second-order valence-corrected chi connectivity index (χ2v) is 5.03. The average Bonchev–Trinajstić information content (AvgIpc) is 2.38. The molecule has 1 aliphatic heterocycles. The maximum atomic E-state index is 6.23. The standard InChI is InChI=1S/C14H21ClN2/c1-2-13-4-3-12(11-14(13)15)5-8-17-9-6-16-7-10-17/h3-4,11,16H,2,5-10H2,1H3. The predicted molar refractivity (Wildman–Crippen MR) is 73.8 cm³/mol. The van der Waals surface area contributed by atoms with Gasteiger partial charge in [-0.1, -0.05) is 30.7 Å². The lowest BCUT2D eigenvalue weighted by Crippen LogP contribution is -2.44. The van der Waals surface area contributed by atoms with Crippen LogP contribution < -0.4 is 5.32 Å². The van der Waals surface area contributed by atoms with Crippen molar-refractivity contribution in [1.29, 1.82) is 0 Å². The van der Waals surface area contributed by atoms with Crippen LogP contribution in [0, 0.1) is 0 Å². The van der Waals surface area contributed by atoms with Crippen LogP contribution in [-0.4, -0.2) is 37.6 Å². The molecule has 0 amide bonds. The zero-order valence-electron chi connectivity index (χ0n) is 10.5. The lowest BCUT2D eigenvalue weighted by molar-refractivity contribution is 0.244. The third-order valence-corrected chi connectivity index (χ3v) is 3.78. The van der Waals surface area contributed by atoms with Crippen LogP contribution in [-0.2, 0) is 12.8 Å². The smallest absolute Gasteiger partial charge is 0.0440 e. The number of nitrogens with one attached hydrogen (secondary N) is 1. The Balaban J connectivity index is 1.87. The van der Waals surface area contributed by atoms with Gasteiger partial charge in [0.25, 0.3) is 0 Å². The molecule has 0 aromatic heterocycles. The van der Waals surface area contributed by atoms with Crippen molar-refractivity contribution in [2.75, 3.05) is 32.7 Å². The van der Waals surface area contributed by atoms with Crippen molar-refractivity contribution < 1.29 is 0 Å². The second-order valence-electron chi connectivity index (χ2n) is 4.62. The van der Waals surface area contributed by atoms with Gasteiger partial charge in [0, 0.05) is 37.7 Å². The lowest BCUT2D eigenvalue weighted by atomic mass is 10.1. The van der Waals surface area contributed by atoms with Crippen molar-refractivity contribution in [1.82, 2.24) is 10.2 Å². The number of benzene rings is 1. The van der Waals surface area contributed by atoms with E-state index in [-0.39, 0.29) is 0 Å². The first-order chi connectivity index (χ1) is 8.29. The lowest BCUT2D eigenvalue weighted by Gasteiger charge is -2.27. The zero-order chi connectivity index (χ0) is 12.1. The monoisotopic (exact) mass is 252 g/mol. The maximum Gasteiger partial charge on any atom is 0.0440 e. The van der Waals surface area contributed by atoms with Crippen LogP contribution in [0.15, 0.2) is 18.2 Å². The summed E-state index contributed by atoms with van der Waals surface area (Å²) in [5.41, 5.74) is 2.60. The molecule has 1 aliphatic rings. The molecule has 2 rings (SSSR count). The van der Waals surface area contributed by atoms with Gasteiger partial charge in [0.2, 0.25) is 0 Å². The summed E-state index contributed by atoms with van der Waals surface area (Å²) in [4.78, 5) is 2.51. The fourth-order valence-electron chi connectivity index (χ4n) is 2.26. The Morgan fingerprint density at radius 3 is 2.71 bits per heavy atom. The van der Waals surface area contributed by atoms with E-state index in [1.807, 2.05) is 0 Å². The quantitative estimate of drug-likeness (QED) is 0.885. The SMILES string of the molecule is CCc1ccc(CCN2CCNCC2)cc1Cl. The normalized spacial score (nSPS) is 17.3. The van der Waals surface area contributed by atoms with Crippen molar-refractivity contribution in [2.24, 2.45) is 0 Å². The van der Waals surface area contributed by atoms with Gasteiger partial charge in [-0.2, -0.15) is 0 Å². The Labute approximate surface area is 109 Å². The molecule has 1 N–H and O–H groups in total. The van der Waals surface area contributed by atoms with Gasteiger partial charge >= 0.3 is 0 Å². The van der Waals surface area contributed by atoms with E-state index in [0.29, 0.717) is 0 Å². The molecule has 17 heavy (non-hydrogen) atoms. The number of rotatable bonds is 4. The first-order valence-electron chi connectivity index (χ1n) is 6.50. The topological polar surface area (TPSA) is 15.3 Å². The molecule has 1 heterocycles. The van der Waals surface area contributed by atoms with E-state index in [1.54, 1.807) is 0 Å². The summed E-state index contributed by atoms with van der Waals surface area (Å²) in [6.45, 7) is 7.86. The molecule has 0 bridgehead atoms. The Bertz CT molecular complexity index is 359. The first-order valence-corrected chi connectivity index (χ1v) is 6.87. The van der Waals surface area contributed by atoms with Crippen molar-refractivity contribution >= 4 is 11.6 Å². The molecule has 0 saturated carbocycles. The van der Waals surface area contributed by atoms with E-state index in [2.05, 4.69) is 35.3 Å². The number of aryl methyl sites for hydroxylation is 1. The predicted octanol–water partition coefficient (Wildman–Crippen LogP) is 2.35. The second kappa shape index (κ2) is 6.39. The number of halogens is 1. The van der Waals surface area contributed by atoms with Gasteiger partial charge in [0.15, 0.2) is 0 Å². The Kier molecular flexibility index (Phi) is 4.84. The molecule has 1 fully saturated rings. The van der Waals surface area contributed by atoms with E-state index in [4.69, 9.17) is 11.6 Å². The molecular weight excluding hydrogens is 232 g/mol. The minimum atomic E-state index is 0.922. The van der Waals surface area contributed by atoms with E-state index in [0.717, 1.165) is 37.5 Å². The zero-order valence-corrected chi connectivity index (χ0v) is 11.3. The van der Waals surface area contributed by atoms with E-state index in [1.165, 1.54) is 24.2 Å². The highest BCUT2D eigenvalue weighted by Gasteiger charge is 2.09. The number of piperazine rings is 1. The minimum absolute atomic E-state index is 0.922. The van der Waals surface area contributed by atoms with Crippen molar-refractivity contribution in [3.8, 4) is 0 Å². The van der Waals surface area contributed by atoms with Crippen LogP contribution in [0.5, 0.6) is 0 Å². The number of hydrogen-bond acceptors (Lipinski definition) is 2. The van der Waals surface area contributed by atoms with Crippen LogP contribution in [0.3, 0.4) is 0 Å². The van der Waals surface area contributed by atoms with Crippen LogP contribution in [0.4, 0.5) is 0 Å². The summed E-state index contributed by atoms with van der Waals surface area (Å²) < 4.78 is 0. The Hall–Kier alpha value is -0.570. The van der Waals surface area contributed by atoms with E-state index in [9.17, 15) is 0 Å². The minimum Gasteiger partial charge on any atom is -0.314 e. The highest BCUT2D eigenvalue weighted by molar-refractivity contribution is 6.31. The largest absolute Gasteiger partial charge is 0.314 e. The van der Waals surface area contributed by atoms with Crippen LogP contribution in [0.2, 0.25) is 5.02 Å². The Morgan fingerprint density at radius 1 is 1.29 bits per heavy atom. The summed E-state index contributed by atoms with van der Waals surface area (Å²) >= 11 is 6.23. The summed E-state index contributed by atoms with van der Waals surface area (Å²) in [5, 5.41) is 4.30. The molecule has 0 unspecified atom stereocenters. The van der Waals surface area contributed by atoms with Crippen molar-refractivity contribution in [2.45, 2.75) is 19.8 Å². The molecule has 94 valence electrons. The average molecular weight is 253 g/mol. The van der Waals surface area contributed by atoms with Gasteiger partial charge in [-0.3, -0.25) is 0 Å². The van der Waals surface area contributed by atoms with Gasteiger partial charge in [-0.25, -0.2) is 0 Å². The molecule has 1 saturated heterocycles. The Morgan fingerprint density at radius 2 is 2.06 bits per heavy atom. The van der Waals surface area contributed by atoms with Gasteiger partial charge in [-0.15, -0.1) is 0 Å².